The van der Waals surface area contributed by atoms with Crippen LogP contribution in [0.2, 0.25) is 0 Å². The first-order valence-electron chi connectivity index (χ1n) is 11.6. The molecule has 0 fully saturated rings. The number of rotatable bonds is 9. The van der Waals surface area contributed by atoms with E-state index in [1.165, 1.54) is 0 Å². The molecule has 2 atom stereocenters. The van der Waals surface area contributed by atoms with Crippen LogP contribution in [0, 0.1) is 0 Å². The second-order valence-electron chi connectivity index (χ2n) is 8.26. The van der Waals surface area contributed by atoms with Crippen LogP contribution < -0.4 is 23.7 Å². The zero-order valence-electron chi connectivity index (χ0n) is 20.5. The van der Waals surface area contributed by atoms with E-state index in [4.69, 9.17) is 23.7 Å². The molecule has 184 valence electrons. The summed E-state index contributed by atoms with van der Waals surface area (Å²) in [5.74, 6) is 3.28. The first kappa shape index (κ1) is 24.3. The van der Waals surface area contributed by atoms with Gasteiger partial charge < -0.3 is 28.6 Å². The van der Waals surface area contributed by atoms with E-state index in [2.05, 4.69) is 0 Å². The molecular formula is C28H31NO6. The lowest BCUT2D eigenvalue weighted by Crippen LogP contribution is -2.47. The zero-order valence-corrected chi connectivity index (χ0v) is 20.5. The first-order chi connectivity index (χ1) is 17.0. The monoisotopic (exact) mass is 477 g/mol. The molecule has 3 aromatic rings. The topological polar surface area (TPSA) is 66.5 Å². The van der Waals surface area contributed by atoms with Gasteiger partial charge >= 0.3 is 0 Å². The molecule has 35 heavy (non-hydrogen) atoms. The summed E-state index contributed by atoms with van der Waals surface area (Å²) < 4.78 is 28.4. The molecule has 0 unspecified atom stereocenters. The largest absolute Gasteiger partial charge is 0.497 e. The van der Waals surface area contributed by atoms with Crippen LogP contribution in [-0.2, 0) is 11.2 Å². The molecule has 0 radical (unpaired) electrons. The number of fused-ring (bicyclic) bond motifs is 1. The SMILES string of the molecule is COc1ccc(OC[C@@H]2c3cc(OC)c(OC)cc3CCN2C(=O)[C@H](C)Oc2ccccc2)cc1. The van der Waals surface area contributed by atoms with Crippen LogP contribution in [0.3, 0.4) is 0 Å². The minimum Gasteiger partial charge on any atom is -0.497 e. The van der Waals surface area contributed by atoms with Crippen molar-refractivity contribution in [2.45, 2.75) is 25.5 Å². The number of para-hydroxylation sites is 1. The second-order valence-corrected chi connectivity index (χ2v) is 8.26. The van der Waals surface area contributed by atoms with Gasteiger partial charge in [0.1, 0.15) is 23.9 Å². The third-order valence-electron chi connectivity index (χ3n) is 6.16. The fraction of sp³-hybridized carbons (Fsp3) is 0.321. The number of carbonyl (C=O) groups excluding carboxylic acids is 1. The number of nitrogens with zero attached hydrogens (tertiary/aromatic N) is 1. The van der Waals surface area contributed by atoms with E-state index in [-0.39, 0.29) is 18.6 Å². The van der Waals surface area contributed by atoms with Crippen molar-refractivity contribution in [3.63, 3.8) is 0 Å². The van der Waals surface area contributed by atoms with E-state index in [1.807, 2.05) is 71.6 Å². The van der Waals surface area contributed by atoms with E-state index < -0.39 is 6.10 Å². The quantitative estimate of drug-likeness (QED) is 0.446. The molecule has 0 N–H and O–H groups in total. The molecule has 1 aliphatic heterocycles. The van der Waals surface area contributed by atoms with E-state index in [0.717, 1.165) is 16.9 Å². The predicted octanol–water partition coefficient (Wildman–Crippen LogP) is 4.68. The van der Waals surface area contributed by atoms with Crippen molar-refractivity contribution in [3.8, 4) is 28.7 Å². The van der Waals surface area contributed by atoms with Gasteiger partial charge in [-0.3, -0.25) is 4.79 Å². The molecular weight excluding hydrogens is 446 g/mol. The van der Waals surface area contributed by atoms with Gasteiger partial charge in [-0.15, -0.1) is 0 Å². The number of amides is 1. The van der Waals surface area contributed by atoms with Crippen LogP contribution in [0.4, 0.5) is 0 Å². The summed E-state index contributed by atoms with van der Waals surface area (Å²) in [5, 5.41) is 0. The van der Waals surface area contributed by atoms with Crippen molar-refractivity contribution >= 4 is 5.91 Å². The summed E-state index contributed by atoms with van der Waals surface area (Å²) >= 11 is 0. The Morgan fingerprint density at radius 2 is 1.54 bits per heavy atom. The summed E-state index contributed by atoms with van der Waals surface area (Å²) in [6, 6.07) is 20.4. The third kappa shape index (κ3) is 5.45. The molecule has 0 aromatic heterocycles. The highest BCUT2D eigenvalue weighted by Crippen LogP contribution is 2.39. The molecule has 1 aliphatic rings. The fourth-order valence-corrected chi connectivity index (χ4v) is 4.31. The molecule has 4 rings (SSSR count). The summed E-state index contributed by atoms with van der Waals surface area (Å²) in [6.07, 6.45) is 0.0426. The Morgan fingerprint density at radius 3 is 2.20 bits per heavy atom. The molecule has 0 saturated carbocycles. The van der Waals surface area contributed by atoms with Gasteiger partial charge in [-0.1, -0.05) is 18.2 Å². The normalized spacial score (nSPS) is 15.5. The van der Waals surface area contributed by atoms with Gasteiger partial charge in [0.2, 0.25) is 0 Å². The average molecular weight is 478 g/mol. The van der Waals surface area contributed by atoms with Crippen LogP contribution in [0.25, 0.3) is 0 Å². The number of ether oxygens (including phenoxy) is 5. The van der Waals surface area contributed by atoms with Crippen LogP contribution in [0.5, 0.6) is 28.7 Å². The molecule has 1 amide bonds. The maximum atomic E-state index is 13.6. The Kier molecular flexibility index (Phi) is 7.65. The third-order valence-corrected chi connectivity index (χ3v) is 6.16. The lowest BCUT2D eigenvalue weighted by Gasteiger charge is -2.38. The molecule has 0 bridgehead atoms. The molecule has 0 aliphatic carbocycles. The maximum Gasteiger partial charge on any atom is 0.263 e. The van der Waals surface area contributed by atoms with Crippen LogP contribution in [0.1, 0.15) is 24.1 Å². The van der Waals surface area contributed by atoms with Gasteiger partial charge in [-0.2, -0.15) is 0 Å². The summed E-state index contributed by atoms with van der Waals surface area (Å²) in [5.41, 5.74) is 2.08. The minimum atomic E-state index is -0.650. The highest BCUT2D eigenvalue weighted by atomic mass is 16.5. The van der Waals surface area contributed by atoms with Crippen molar-refractivity contribution in [3.05, 3.63) is 77.9 Å². The fourth-order valence-electron chi connectivity index (χ4n) is 4.31. The molecule has 7 nitrogen and oxygen atoms in total. The van der Waals surface area contributed by atoms with Crippen LogP contribution in [0.15, 0.2) is 66.7 Å². The Morgan fingerprint density at radius 1 is 0.886 bits per heavy atom. The van der Waals surface area contributed by atoms with Gasteiger partial charge in [-0.05, 0) is 73.0 Å². The van der Waals surface area contributed by atoms with E-state index in [1.54, 1.807) is 28.3 Å². The summed E-state index contributed by atoms with van der Waals surface area (Å²) in [7, 11) is 4.85. The van der Waals surface area contributed by atoms with Crippen molar-refractivity contribution in [2.75, 3.05) is 34.5 Å². The van der Waals surface area contributed by atoms with Crippen molar-refractivity contribution in [1.82, 2.24) is 4.90 Å². The number of carbonyl (C=O) groups is 1. The standard InChI is InChI=1S/C28H31NO6/c1-19(35-23-8-6-5-7-9-23)28(30)29-15-14-20-16-26(32-3)27(33-4)17-24(20)25(29)18-34-22-12-10-21(31-2)11-13-22/h5-13,16-17,19,25H,14-15,18H2,1-4H3/t19-,25+/m0/s1. The number of methoxy groups -OCH3 is 3. The Hall–Kier alpha value is -3.87. The lowest BCUT2D eigenvalue weighted by molar-refractivity contribution is -0.141. The van der Waals surface area contributed by atoms with Crippen molar-refractivity contribution < 1.29 is 28.5 Å². The molecule has 3 aromatic carbocycles. The molecule has 7 heteroatoms. The Balaban J connectivity index is 1.62. The van der Waals surface area contributed by atoms with Gasteiger partial charge in [-0.25, -0.2) is 0 Å². The highest BCUT2D eigenvalue weighted by molar-refractivity contribution is 5.82. The molecule has 0 spiro atoms. The highest BCUT2D eigenvalue weighted by Gasteiger charge is 2.35. The maximum absolute atomic E-state index is 13.6. The Labute approximate surface area is 206 Å². The number of benzene rings is 3. The van der Waals surface area contributed by atoms with E-state index in [9.17, 15) is 4.79 Å². The van der Waals surface area contributed by atoms with Crippen molar-refractivity contribution in [1.29, 1.82) is 0 Å². The van der Waals surface area contributed by atoms with E-state index >= 15 is 0 Å². The average Bonchev–Trinajstić information content (AvgIpc) is 2.91. The van der Waals surface area contributed by atoms with Crippen LogP contribution >= 0.6 is 0 Å². The molecule has 0 saturated heterocycles. The summed E-state index contributed by atoms with van der Waals surface area (Å²) in [6.45, 7) is 2.60. The first-order valence-corrected chi connectivity index (χ1v) is 11.6. The van der Waals surface area contributed by atoms with Crippen LogP contribution in [-0.4, -0.2) is 51.4 Å². The van der Waals surface area contributed by atoms with Crippen molar-refractivity contribution in [2.24, 2.45) is 0 Å². The zero-order chi connectivity index (χ0) is 24.8. The minimum absolute atomic E-state index is 0.0994. The number of hydrogen-bond acceptors (Lipinski definition) is 6. The number of hydrogen-bond donors (Lipinski definition) is 0. The lowest BCUT2D eigenvalue weighted by atomic mass is 9.91. The molecule has 1 heterocycles. The predicted molar refractivity (Wildman–Crippen MR) is 133 cm³/mol. The van der Waals surface area contributed by atoms with Gasteiger partial charge in [0.15, 0.2) is 17.6 Å². The van der Waals surface area contributed by atoms with E-state index in [0.29, 0.717) is 36.0 Å². The summed E-state index contributed by atoms with van der Waals surface area (Å²) in [4.78, 5) is 15.4. The van der Waals surface area contributed by atoms with Gasteiger partial charge in [0.25, 0.3) is 5.91 Å². The smallest absolute Gasteiger partial charge is 0.263 e. The van der Waals surface area contributed by atoms with Gasteiger partial charge in [0, 0.05) is 6.54 Å². The second kappa shape index (κ2) is 11.0. The van der Waals surface area contributed by atoms with Gasteiger partial charge in [0.05, 0.1) is 27.4 Å². The Bertz CT molecular complexity index is 1130.